The highest BCUT2D eigenvalue weighted by Gasteiger charge is 2.37. The van der Waals surface area contributed by atoms with E-state index >= 15 is 0 Å². The summed E-state index contributed by atoms with van der Waals surface area (Å²) in [7, 11) is 0. The predicted octanol–water partition coefficient (Wildman–Crippen LogP) is 3.61. The molecule has 1 amide bonds. The van der Waals surface area contributed by atoms with Gasteiger partial charge in [0.15, 0.2) is 0 Å². The van der Waals surface area contributed by atoms with Crippen molar-refractivity contribution in [1.82, 2.24) is 24.4 Å². The molecule has 0 fully saturated rings. The fourth-order valence-electron chi connectivity index (χ4n) is 3.32. The van der Waals surface area contributed by atoms with Crippen molar-refractivity contribution in [2.75, 3.05) is 6.54 Å². The van der Waals surface area contributed by atoms with Gasteiger partial charge in [0.1, 0.15) is 6.54 Å². The Morgan fingerprint density at radius 1 is 1.00 bits per heavy atom. The molecule has 0 saturated carbocycles. The highest BCUT2D eigenvalue weighted by Crippen LogP contribution is 2.31. The quantitative estimate of drug-likeness (QED) is 0.502. The number of hydrogen-bond donors (Lipinski definition) is 1. The summed E-state index contributed by atoms with van der Waals surface area (Å²) in [6, 6.07) is 14.0. The van der Waals surface area contributed by atoms with E-state index in [9.17, 15) is 18.0 Å². The molecule has 9 heteroatoms. The number of amides is 1. The molecule has 2 heterocycles. The maximum absolute atomic E-state index is 13.3. The van der Waals surface area contributed by atoms with Crippen LogP contribution in [0.1, 0.15) is 12.2 Å². The second-order valence-corrected chi connectivity index (χ2v) is 6.64. The summed E-state index contributed by atoms with van der Waals surface area (Å²) >= 11 is 0. The molecule has 4 rings (SSSR count). The fourth-order valence-corrected chi connectivity index (χ4v) is 3.32. The number of imidazole rings is 2. The third-order valence-corrected chi connectivity index (χ3v) is 4.64. The molecule has 2 aromatic carbocycles. The molecule has 0 spiro atoms. The molecule has 0 atom stereocenters. The monoisotopic (exact) mass is 401 g/mol. The number of rotatable bonds is 6. The lowest BCUT2D eigenvalue weighted by molar-refractivity contribution is -0.147. The Balaban J connectivity index is 1.39. The molecule has 0 saturated heterocycles. The molecule has 4 aromatic rings. The van der Waals surface area contributed by atoms with Gasteiger partial charge >= 0.3 is 6.18 Å². The Morgan fingerprint density at radius 3 is 2.45 bits per heavy atom. The number of halogens is 3. The molecule has 0 bridgehead atoms. The Kier molecular flexibility index (Phi) is 4.96. The van der Waals surface area contributed by atoms with E-state index < -0.39 is 24.5 Å². The van der Waals surface area contributed by atoms with Crippen molar-refractivity contribution in [3.8, 4) is 0 Å². The summed E-state index contributed by atoms with van der Waals surface area (Å²) in [5.74, 6) is -1.56. The van der Waals surface area contributed by atoms with E-state index in [0.29, 0.717) is 19.5 Å². The molecule has 6 nitrogen and oxygen atoms in total. The van der Waals surface area contributed by atoms with Crippen LogP contribution in [0.4, 0.5) is 13.2 Å². The predicted molar refractivity (Wildman–Crippen MR) is 102 cm³/mol. The van der Waals surface area contributed by atoms with Crippen molar-refractivity contribution in [3.63, 3.8) is 0 Å². The number of aryl methyl sites for hydroxylation is 1. The lowest BCUT2D eigenvalue weighted by Crippen LogP contribution is -2.30. The number of hydrogen-bond acceptors (Lipinski definition) is 3. The SMILES string of the molecule is O=C(Cn1c(C(F)(F)F)nc2ccccc21)NCCCn1cnc2ccccc21. The number of carbonyl (C=O) groups is 1. The number of benzene rings is 2. The fraction of sp³-hybridized carbons (Fsp3) is 0.250. The van der Waals surface area contributed by atoms with E-state index in [4.69, 9.17) is 0 Å². The van der Waals surface area contributed by atoms with Gasteiger partial charge in [0.2, 0.25) is 11.7 Å². The third kappa shape index (κ3) is 3.94. The molecule has 0 aliphatic heterocycles. The molecule has 0 aliphatic rings. The number of nitrogens with zero attached hydrogens (tertiary/aromatic N) is 4. The molecule has 0 radical (unpaired) electrons. The molecule has 1 N–H and O–H groups in total. The number of nitrogens with one attached hydrogen (secondary N) is 1. The zero-order valence-electron chi connectivity index (χ0n) is 15.4. The van der Waals surface area contributed by atoms with Crippen molar-refractivity contribution in [3.05, 3.63) is 60.7 Å². The van der Waals surface area contributed by atoms with E-state index in [1.54, 1.807) is 18.5 Å². The second kappa shape index (κ2) is 7.57. The zero-order valence-corrected chi connectivity index (χ0v) is 15.4. The van der Waals surface area contributed by atoms with Crippen LogP contribution in [-0.4, -0.2) is 31.6 Å². The van der Waals surface area contributed by atoms with Crippen LogP contribution >= 0.6 is 0 Å². The molecule has 0 aliphatic carbocycles. The Hall–Kier alpha value is -3.36. The minimum absolute atomic E-state index is 0.208. The van der Waals surface area contributed by atoms with E-state index in [-0.39, 0.29) is 11.0 Å². The minimum Gasteiger partial charge on any atom is -0.354 e. The number of alkyl halides is 3. The number of para-hydroxylation sites is 4. The lowest BCUT2D eigenvalue weighted by Gasteiger charge is -2.12. The Morgan fingerprint density at radius 2 is 1.69 bits per heavy atom. The maximum Gasteiger partial charge on any atom is 0.449 e. The maximum atomic E-state index is 13.3. The average molecular weight is 401 g/mol. The van der Waals surface area contributed by atoms with E-state index in [2.05, 4.69) is 15.3 Å². The summed E-state index contributed by atoms with van der Waals surface area (Å²) in [5, 5.41) is 2.69. The van der Waals surface area contributed by atoms with Crippen LogP contribution in [0.5, 0.6) is 0 Å². The van der Waals surface area contributed by atoms with Gasteiger partial charge < -0.3 is 14.5 Å². The highest BCUT2D eigenvalue weighted by molar-refractivity contribution is 5.81. The first kappa shape index (κ1) is 19.0. The third-order valence-electron chi connectivity index (χ3n) is 4.64. The van der Waals surface area contributed by atoms with Crippen LogP contribution in [0.15, 0.2) is 54.9 Å². The van der Waals surface area contributed by atoms with Crippen LogP contribution in [0.25, 0.3) is 22.1 Å². The minimum atomic E-state index is -4.64. The summed E-state index contributed by atoms with van der Waals surface area (Å²) in [6.07, 6.45) is -2.27. The van der Waals surface area contributed by atoms with Gasteiger partial charge in [-0.25, -0.2) is 9.97 Å². The summed E-state index contributed by atoms with van der Waals surface area (Å²) in [6.45, 7) is 0.547. The largest absolute Gasteiger partial charge is 0.449 e. The Labute approximate surface area is 164 Å². The highest BCUT2D eigenvalue weighted by atomic mass is 19.4. The van der Waals surface area contributed by atoms with Crippen molar-refractivity contribution in [2.24, 2.45) is 0 Å². The van der Waals surface area contributed by atoms with Crippen LogP contribution in [0, 0.1) is 0 Å². The van der Waals surface area contributed by atoms with Crippen molar-refractivity contribution in [1.29, 1.82) is 0 Å². The van der Waals surface area contributed by atoms with Gasteiger partial charge in [-0.3, -0.25) is 4.79 Å². The summed E-state index contributed by atoms with van der Waals surface area (Å²) in [4.78, 5) is 20.2. The molecular weight excluding hydrogens is 383 g/mol. The first-order valence-corrected chi connectivity index (χ1v) is 9.12. The Bertz CT molecular complexity index is 1160. The van der Waals surface area contributed by atoms with E-state index in [1.807, 2.05) is 28.8 Å². The first-order valence-electron chi connectivity index (χ1n) is 9.12. The van der Waals surface area contributed by atoms with Crippen LogP contribution in [0.3, 0.4) is 0 Å². The molecule has 0 unspecified atom stereocenters. The first-order chi connectivity index (χ1) is 13.9. The lowest BCUT2D eigenvalue weighted by atomic mass is 10.3. The van der Waals surface area contributed by atoms with Gasteiger partial charge in [0, 0.05) is 13.1 Å². The number of aromatic nitrogens is 4. The summed E-state index contributed by atoms with van der Waals surface area (Å²) < 4.78 is 42.8. The van der Waals surface area contributed by atoms with Gasteiger partial charge in [0.05, 0.1) is 28.4 Å². The number of fused-ring (bicyclic) bond motifs is 2. The molecule has 150 valence electrons. The normalized spacial score (nSPS) is 12.0. The van der Waals surface area contributed by atoms with E-state index in [1.165, 1.54) is 12.1 Å². The number of carbonyl (C=O) groups excluding carboxylic acids is 1. The molecule has 29 heavy (non-hydrogen) atoms. The van der Waals surface area contributed by atoms with Crippen LogP contribution in [-0.2, 0) is 24.1 Å². The van der Waals surface area contributed by atoms with Crippen LogP contribution in [0.2, 0.25) is 0 Å². The van der Waals surface area contributed by atoms with Gasteiger partial charge in [0.25, 0.3) is 0 Å². The topological polar surface area (TPSA) is 64.7 Å². The second-order valence-electron chi connectivity index (χ2n) is 6.64. The molecule has 2 aromatic heterocycles. The summed E-state index contributed by atoms with van der Waals surface area (Å²) in [5.41, 5.74) is 2.38. The van der Waals surface area contributed by atoms with E-state index in [0.717, 1.165) is 15.6 Å². The standard InChI is InChI=1S/C20H18F3N5O/c21-20(22,23)19-26-15-7-2-4-9-17(15)28(19)12-18(29)24-10-5-11-27-13-25-14-6-1-3-8-16(14)27/h1-4,6-9,13H,5,10-12H2,(H,24,29). The van der Waals surface area contributed by atoms with Gasteiger partial charge in [-0.15, -0.1) is 0 Å². The van der Waals surface area contributed by atoms with Crippen molar-refractivity contribution in [2.45, 2.75) is 25.7 Å². The van der Waals surface area contributed by atoms with Gasteiger partial charge in [-0.05, 0) is 30.7 Å². The van der Waals surface area contributed by atoms with Crippen molar-refractivity contribution >= 4 is 28.0 Å². The average Bonchev–Trinajstić information content (AvgIpc) is 3.27. The van der Waals surface area contributed by atoms with Gasteiger partial charge in [-0.1, -0.05) is 24.3 Å². The zero-order chi connectivity index (χ0) is 20.4. The smallest absolute Gasteiger partial charge is 0.354 e. The van der Waals surface area contributed by atoms with Crippen LogP contribution < -0.4 is 5.32 Å². The van der Waals surface area contributed by atoms with Gasteiger partial charge in [-0.2, -0.15) is 13.2 Å². The van der Waals surface area contributed by atoms with Crippen molar-refractivity contribution < 1.29 is 18.0 Å². The molecular formula is C20H18F3N5O.